The average molecular weight is 338 g/mol. The van der Waals surface area contributed by atoms with Crippen molar-refractivity contribution >= 4 is 11.0 Å². The highest BCUT2D eigenvalue weighted by atomic mass is 16.5. The second kappa shape index (κ2) is 5.02. The van der Waals surface area contributed by atoms with Crippen molar-refractivity contribution in [2.24, 2.45) is 0 Å². The van der Waals surface area contributed by atoms with Crippen LogP contribution in [-0.4, -0.2) is 16.3 Å². The van der Waals surface area contributed by atoms with Gasteiger partial charge in [0.2, 0.25) is 5.43 Å². The zero-order valence-electron chi connectivity index (χ0n) is 14.2. The van der Waals surface area contributed by atoms with Crippen LogP contribution in [0.15, 0.2) is 45.8 Å². The Kier molecular flexibility index (Phi) is 3.13. The predicted molar refractivity (Wildman–Crippen MR) is 94.4 cm³/mol. The summed E-state index contributed by atoms with van der Waals surface area (Å²) in [6, 6.07) is 7.75. The van der Waals surface area contributed by atoms with E-state index in [4.69, 9.17) is 9.15 Å². The molecule has 5 heteroatoms. The summed E-state index contributed by atoms with van der Waals surface area (Å²) in [6.07, 6.45) is 1.30. The van der Waals surface area contributed by atoms with Gasteiger partial charge in [0.1, 0.15) is 40.6 Å². The van der Waals surface area contributed by atoms with Crippen molar-refractivity contribution in [1.82, 2.24) is 0 Å². The van der Waals surface area contributed by atoms with E-state index in [2.05, 4.69) is 0 Å². The minimum atomic E-state index is -0.350. The number of phenols is 2. The summed E-state index contributed by atoms with van der Waals surface area (Å²) in [4.78, 5) is 13.0. The van der Waals surface area contributed by atoms with Crippen LogP contribution in [0.1, 0.15) is 26.3 Å². The van der Waals surface area contributed by atoms with Gasteiger partial charge in [0.25, 0.3) is 0 Å². The van der Waals surface area contributed by atoms with Gasteiger partial charge < -0.3 is 19.4 Å². The molecule has 3 aromatic rings. The molecule has 0 bridgehead atoms. The molecule has 5 nitrogen and oxygen atoms in total. The molecule has 0 unspecified atom stereocenters. The van der Waals surface area contributed by atoms with E-state index in [9.17, 15) is 15.0 Å². The summed E-state index contributed by atoms with van der Waals surface area (Å²) in [5.74, 6) is 0.499. The molecule has 1 aliphatic heterocycles. The lowest BCUT2D eigenvalue weighted by Crippen LogP contribution is -2.29. The fourth-order valence-corrected chi connectivity index (χ4v) is 3.35. The van der Waals surface area contributed by atoms with E-state index in [1.165, 1.54) is 24.5 Å². The first-order valence-corrected chi connectivity index (χ1v) is 8.08. The molecule has 0 amide bonds. The molecular weight excluding hydrogens is 320 g/mol. The summed E-state index contributed by atoms with van der Waals surface area (Å²) >= 11 is 0. The molecule has 2 aromatic carbocycles. The standard InChI is InChI=1S/C20H18O5/c1-10-20(2,3)17-15(25-10)8-14(22)16-18(23)13(9-24-19(16)17)11-4-6-12(21)7-5-11/h4-10,21-22H,1-3H3/t10-/m1/s1. The first-order chi connectivity index (χ1) is 11.8. The van der Waals surface area contributed by atoms with E-state index in [0.717, 1.165) is 5.56 Å². The van der Waals surface area contributed by atoms with Crippen molar-refractivity contribution in [2.45, 2.75) is 32.3 Å². The molecule has 4 rings (SSSR count). The number of phenolic OH excluding ortho intramolecular Hbond substituents is 2. The molecule has 0 radical (unpaired) electrons. The van der Waals surface area contributed by atoms with Crippen LogP contribution in [-0.2, 0) is 5.41 Å². The first-order valence-electron chi connectivity index (χ1n) is 8.08. The van der Waals surface area contributed by atoms with Gasteiger partial charge in [-0.3, -0.25) is 4.79 Å². The molecule has 1 aromatic heterocycles. The molecule has 128 valence electrons. The summed E-state index contributed by atoms with van der Waals surface area (Å²) in [5.41, 5.74) is 1.42. The van der Waals surface area contributed by atoms with E-state index in [1.54, 1.807) is 12.1 Å². The lowest BCUT2D eigenvalue weighted by atomic mass is 9.80. The topological polar surface area (TPSA) is 79.9 Å². The molecule has 0 saturated carbocycles. The fourth-order valence-electron chi connectivity index (χ4n) is 3.35. The number of hydrogen-bond acceptors (Lipinski definition) is 5. The Balaban J connectivity index is 2.04. The molecular formula is C20H18O5. The Hall–Kier alpha value is -2.95. The summed E-state index contributed by atoms with van der Waals surface area (Å²) in [7, 11) is 0. The molecule has 1 atom stereocenters. The zero-order chi connectivity index (χ0) is 17.9. The van der Waals surface area contributed by atoms with Crippen molar-refractivity contribution in [3.8, 4) is 28.4 Å². The van der Waals surface area contributed by atoms with Gasteiger partial charge in [0.05, 0.1) is 5.56 Å². The van der Waals surface area contributed by atoms with Gasteiger partial charge in [-0.05, 0) is 24.6 Å². The molecule has 0 spiro atoms. The van der Waals surface area contributed by atoms with E-state index in [-0.39, 0.29) is 33.8 Å². The number of fused-ring (bicyclic) bond motifs is 3. The Morgan fingerprint density at radius 3 is 2.48 bits per heavy atom. The highest BCUT2D eigenvalue weighted by molar-refractivity contribution is 5.92. The summed E-state index contributed by atoms with van der Waals surface area (Å²) < 4.78 is 11.6. The van der Waals surface area contributed by atoms with Gasteiger partial charge in [-0.1, -0.05) is 26.0 Å². The van der Waals surface area contributed by atoms with Crippen molar-refractivity contribution in [1.29, 1.82) is 0 Å². The number of benzene rings is 2. The van der Waals surface area contributed by atoms with Gasteiger partial charge in [-0.15, -0.1) is 0 Å². The molecule has 0 fully saturated rings. The molecule has 0 aliphatic carbocycles. The van der Waals surface area contributed by atoms with Gasteiger partial charge in [-0.25, -0.2) is 0 Å². The van der Waals surface area contributed by atoms with Crippen molar-refractivity contribution in [2.75, 3.05) is 0 Å². The molecule has 1 aliphatic rings. The second-order valence-electron chi connectivity index (χ2n) is 6.98. The van der Waals surface area contributed by atoms with Crippen molar-refractivity contribution in [3.63, 3.8) is 0 Å². The van der Waals surface area contributed by atoms with E-state index in [0.29, 0.717) is 22.5 Å². The third kappa shape index (κ3) is 2.12. The normalized spacial score (nSPS) is 18.1. The zero-order valence-corrected chi connectivity index (χ0v) is 14.2. The second-order valence-corrected chi connectivity index (χ2v) is 6.98. The van der Waals surface area contributed by atoms with Crippen LogP contribution in [0.5, 0.6) is 17.2 Å². The SMILES string of the molecule is C[C@H]1Oc2cc(O)c3c(=O)c(-c4ccc(O)cc4)coc3c2C1(C)C. The van der Waals surface area contributed by atoms with Gasteiger partial charge in [-0.2, -0.15) is 0 Å². The Morgan fingerprint density at radius 1 is 1.12 bits per heavy atom. The number of aromatic hydroxyl groups is 2. The predicted octanol–water partition coefficient (Wildman–Crippen LogP) is 3.93. The van der Waals surface area contributed by atoms with Gasteiger partial charge in [0.15, 0.2) is 0 Å². The Bertz CT molecular complexity index is 1040. The summed E-state index contributed by atoms with van der Waals surface area (Å²) in [5, 5.41) is 20.0. The number of ether oxygens (including phenoxy) is 1. The Morgan fingerprint density at radius 2 is 1.80 bits per heavy atom. The van der Waals surface area contributed by atoms with Crippen LogP contribution in [0.2, 0.25) is 0 Å². The van der Waals surface area contributed by atoms with Crippen LogP contribution in [0.25, 0.3) is 22.1 Å². The Labute approximate surface area is 144 Å². The largest absolute Gasteiger partial charge is 0.508 e. The lowest BCUT2D eigenvalue weighted by Gasteiger charge is -2.22. The van der Waals surface area contributed by atoms with Crippen LogP contribution < -0.4 is 10.2 Å². The highest BCUT2D eigenvalue weighted by Crippen LogP contribution is 2.48. The fraction of sp³-hybridized carbons (Fsp3) is 0.250. The van der Waals surface area contributed by atoms with Crippen LogP contribution in [0.4, 0.5) is 0 Å². The molecule has 2 heterocycles. The first kappa shape index (κ1) is 15.6. The lowest BCUT2D eigenvalue weighted by molar-refractivity contribution is 0.185. The maximum atomic E-state index is 13.0. The number of hydrogen-bond donors (Lipinski definition) is 2. The van der Waals surface area contributed by atoms with Crippen LogP contribution in [0.3, 0.4) is 0 Å². The molecule has 25 heavy (non-hydrogen) atoms. The van der Waals surface area contributed by atoms with Crippen LogP contribution >= 0.6 is 0 Å². The molecule has 0 saturated heterocycles. The number of rotatable bonds is 1. The monoisotopic (exact) mass is 338 g/mol. The van der Waals surface area contributed by atoms with Gasteiger partial charge in [0, 0.05) is 17.0 Å². The highest BCUT2D eigenvalue weighted by Gasteiger charge is 2.42. The van der Waals surface area contributed by atoms with E-state index < -0.39 is 0 Å². The third-order valence-corrected chi connectivity index (χ3v) is 5.13. The smallest absolute Gasteiger partial charge is 0.204 e. The minimum Gasteiger partial charge on any atom is -0.508 e. The summed E-state index contributed by atoms with van der Waals surface area (Å²) in [6.45, 7) is 5.99. The van der Waals surface area contributed by atoms with E-state index in [1.807, 2.05) is 20.8 Å². The third-order valence-electron chi connectivity index (χ3n) is 5.13. The van der Waals surface area contributed by atoms with E-state index >= 15 is 0 Å². The maximum absolute atomic E-state index is 13.0. The van der Waals surface area contributed by atoms with Crippen molar-refractivity contribution in [3.05, 3.63) is 52.4 Å². The quantitative estimate of drug-likeness (QED) is 0.703. The average Bonchev–Trinajstić information content (AvgIpc) is 2.77. The van der Waals surface area contributed by atoms with Crippen molar-refractivity contribution < 1.29 is 19.4 Å². The van der Waals surface area contributed by atoms with Crippen LogP contribution in [0, 0.1) is 0 Å². The van der Waals surface area contributed by atoms with Gasteiger partial charge >= 0.3 is 0 Å². The maximum Gasteiger partial charge on any atom is 0.204 e. The molecule has 2 N–H and O–H groups in total. The minimum absolute atomic E-state index is 0.102.